The quantitative estimate of drug-likeness (QED) is 0.351. The van der Waals surface area contributed by atoms with Crippen molar-refractivity contribution >= 4 is 40.3 Å². The van der Waals surface area contributed by atoms with Crippen LogP contribution in [0.25, 0.3) is 0 Å². The van der Waals surface area contributed by atoms with Crippen molar-refractivity contribution in [3.63, 3.8) is 0 Å². The minimum absolute atomic E-state index is 0.405. The van der Waals surface area contributed by atoms with Crippen molar-refractivity contribution in [3.05, 3.63) is 24.3 Å². The average molecular weight is 342 g/mol. The van der Waals surface area contributed by atoms with Crippen LogP contribution in [0.5, 0.6) is 5.75 Å². The number of hydrazine groups is 1. The van der Waals surface area contributed by atoms with Crippen LogP contribution in [-0.4, -0.2) is 49.4 Å². The molecule has 0 unspecified atom stereocenters. The van der Waals surface area contributed by atoms with Crippen molar-refractivity contribution in [2.24, 2.45) is 0 Å². The Morgan fingerprint density at radius 3 is 2.50 bits per heavy atom. The molecule has 0 saturated heterocycles. The number of thiocarbonyl (C=S) groups is 2. The third-order valence-electron chi connectivity index (χ3n) is 2.71. The number of nitrogens with zero attached hydrogens (tertiary/aromatic N) is 1. The molecule has 0 fully saturated rings. The molecule has 0 amide bonds. The van der Waals surface area contributed by atoms with Crippen LogP contribution in [0.1, 0.15) is 6.42 Å². The van der Waals surface area contributed by atoms with Crippen molar-refractivity contribution in [1.29, 1.82) is 0 Å². The van der Waals surface area contributed by atoms with Crippen LogP contribution in [-0.2, 0) is 0 Å². The summed E-state index contributed by atoms with van der Waals surface area (Å²) in [6.45, 7) is 1.81. The summed E-state index contributed by atoms with van der Waals surface area (Å²) < 4.78 is 5.24. The van der Waals surface area contributed by atoms with Gasteiger partial charge in [0.1, 0.15) is 5.75 Å². The molecule has 0 atom stereocenters. The third-order valence-corrected chi connectivity index (χ3v) is 3.16. The molecule has 0 aliphatic heterocycles. The molecule has 0 aliphatic carbocycles. The van der Waals surface area contributed by atoms with E-state index in [1.165, 1.54) is 0 Å². The SMILES string of the molecule is COc1ccccc1NC(=S)NNC(=S)NCCCN(C)C. The van der Waals surface area contributed by atoms with Gasteiger partial charge in [-0.15, -0.1) is 0 Å². The standard InChI is InChI=1S/C14H23N5OS2/c1-19(2)10-6-9-15-13(21)17-18-14(22)16-11-7-4-5-8-12(11)20-3/h4-5,7-8H,6,9-10H2,1-3H3,(H2,15,17,21)(H2,16,18,22). The van der Waals surface area contributed by atoms with Crippen molar-refractivity contribution in [1.82, 2.24) is 21.1 Å². The Morgan fingerprint density at radius 1 is 1.14 bits per heavy atom. The molecule has 0 spiro atoms. The molecular formula is C14H23N5OS2. The molecule has 1 aromatic rings. The Labute approximate surface area is 142 Å². The highest BCUT2D eigenvalue weighted by Gasteiger charge is 2.03. The number of hydrogen-bond donors (Lipinski definition) is 4. The fourth-order valence-corrected chi connectivity index (χ4v) is 1.97. The predicted octanol–water partition coefficient (Wildman–Crippen LogP) is 1.31. The van der Waals surface area contributed by atoms with Gasteiger partial charge in [-0.05, 0) is 63.6 Å². The number of methoxy groups -OCH3 is 1. The zero-order valence-electron chi connectivity index (χ0n) is 13.1. The molecule has 1 rings (SSSR count). The topological polar surface area (TPSA) is 60.6 Å². The number of nitrogens with one attached hydrogen (secondary N) is 4. The van der Waals surface area contributed by atoms with E-state index in [9.17, 15) is 0 Å². The Hall–Kier alpha value is -1.64. The summed E-state index contributed by atoms with van der Waals surface area (Å²) in [4.78, 5) is 2.13. The Morgan fingerprint density at radius 2 is 1.82 bits per heavy atom. The van der Waals surface area contributed by atoms with Gasteiger partial charge in [0.15, 0.2) is 10.2 Å². The zero-order chi connectivity index (χ0) is 16.4. The van der Waals surface area contributed by atoms with Gasteiger partial charge in [-0.2, -0.15) is 0 Å². The maximum atomic E-state index is 5.24. The summed E-state index contributed by atoms with van der Waals surface area (Å²) in [5.74, 6) is 0.719. The molecule has 0 aliphatic rings. The second-order valence-electron chi connectivity index (χ2n) is 4.82. The van der Waals surface area contributed by atoms with Crippen molar-refractivity contribution < 1.29 is 4.74 Å². The molecule has 0 saturated carbocycles. The van der Waals surface area contributed by atoms with Gasteiger partial charge in [-0.3, -0.25) is 10.9 Å². The van der Waals surface area contributed by atoms with Crippen molar-refractivity contribution in [3.8, 4) is 5.75 Å². The molecule has 0 heterocycles. The molecule has 6 nitrogen and oxygen atoms in total. The average Bonchev–Trinajstić information content (AvgIpc) is 2.50. The number of para-hydroxylation sites is 2. The third kappa shape index (κ3) is 7.39. The number of benzene rings is 1. The first-order valence-electron chi connectivity index (χ1n) is 6.91. The highest BCUT2D eigenvalue weighted by molar-refractivity contribution is 7.80. The van der Waals surface area contributed by atoms with Crippen LogP contribution in [0.3, 0.4) is 0 Å². The van der Waals surface area contributed by atoms with Gasteiger partial charge in [0.05, 0.1) is 12.8 Å². The molecule has 4 N–H and O–H groups in total. The van der Waals surface area contributed by atoms with Gasteiger partial charge in [-0.25, -0.2) is 0 Å². The van der Waals surface area contributed by atoms with E-state index >= 15 is 0 Å². The number of anilines is 1. The first-order chi connectivity index (χ1) is 10.5. The number of hydrogen-bond acceptors (Lipinski definition) is 4. The van der Waals surface area contributed by atoms with Gasteiger partial charge in [0.2, 0.25) is 0 Å². The largest absolute Gasteiger partial charge is 0.495 e. The lowest BCUT2D eigenvalue weighted by Gasteiger charge is -2.16. The van der Waals surface area contributed by atoms with Gasteiger partial charge in [0.25, 0.3) is 0 Å². The highest BCUT2D eigenvalue weighted by Crippen LogP contribution is 2.22. The molecule has 0 bridgehead atoms. The van der Waals surface area contributed by atoms with E-state index in [0.717, 1.165) is 30.9 Å². The minimum atomic E-state index is 0.405. The normalized spacial score (nSPS) is 10.0. The van der Waals surface area contributed by atoms with E-state index in [4.69, 9.17) is 29.2 Å². The molecule has 0 radical (unpaired) electrons. The smallest absolute Gasteiger partial charge is 0.189 e. The van der Waals surface area contributed by atoms with Crippen LogP contribution < -0.4 is 26.2 Å². The van der Waals surface area contributed by atoms with E-state index < -0.39 is 0 Å². The van der Waals surface area contributed by atoms with E-state index in [0.29, 0.717) is 10.2 Å². The van der Waals surface area contributed by atoms with E-state index in [1.807, 2.05) is 38.4 Å². The second-order valence-corrected chi connectivity index (χ2v) is 5.63. The van der Waals surface area contributed by atoms with Gasteiger partial charge in [0, 0.05) is 6.54 Å². The summed E-state index contributed by atoms with van der Waals surface area (Å²) in [5, 5.41) is 7.04. The van der Waals surface area contributed by atoms with Crippen LogP contribution in [0.4, 0.5) is 5.69 Å². The maximum absolute atomic E-state index is 5.24. The first-order valence-corrected chi connectivity index (χ1v) is 7.73. The summed E-state index contributed by atoms with van der Waals surface area (Å²) in [7, 11) is 5.70. The first kappa shape index (κ1) is 18.4. The van der Waals surface area contributed by atoms with Crippen LogP contribution in [0.2, 0.25) is 0 Å². The molecule has 1 aromatic carbocycles. The molecule has 0 aromatic heterocycles. The van der Waals surface area contributed by atoms with Gasteiger partial charge < -0.3 is 20.3 Å². The Kier molecular flexibility index (Phi) is 8.49. The lowest BCUT2D eigenvalue weighted by molar-refractivity contribution is 0.400. The van der Waals surface area contributed by atoms with E-state index in [1.54, 1.807) is 7.11 Å². The number of ether oxygens (including phenoxy) is 1. The summed E-state index contributed by atoms with van der Waals surface area (Å²) in [5.41, 5.74) is 6.46. The van der Waals surface area contributed by atoms with Crippen LogP contribution >= 0.6 is 24.4 Å². The predicted molar refractivity (Wildman–Crippen MR) is 99.3 cm³/mol. The van der Waals surface area contributed by atoms with Crippen LogP contribution in [0, 0.1) is 0 Å². The Balaban J connectivity index is 2.26. The van der Waals surface area contributed by atoms with Crippen molar-refractivity contribution in [2.75, 3.05) is 39.6 Å². The Bertz CT molecular complexity index is 496. The fraction of sp³-hybridized carbons (Fsp3) is 0.429. The highest BCUT2D eigenvalue weighted by atomic mass is 32.1. The van der Waals surface area contributed by atoms with Gasteiger partial charge in [-0.1, -0.05) is 12.1 Å². The molecule has 22 heavy (non-hydrogen) atoms. The number of rotatable bonds is 6. The van der Waals surface area contributed by atoms with Crippen LogP contribution in [0.15, 0.2) is 24.3 Å². The lowest BCUT2D eigenvalue weighted by Crippen LogP contribution is -2.48. The fourth-order valence-electron chi connectivity index (χ4n) is 1.66. The minimum Gasteiger partial charge on any atom is -0.495 e. The van der Waals surface area contributed by atoms with Crippen molar-refractivity contribution in [2.45, 2.75) is 6.42 Å². The lowest BCUT2D eigenvalue weighted by atomic mass is 10.3. The summed E-state index contributed by atoms with van der Waals surface area (Å²) in [6, 6.07) is 7.53. The molecular weight excluding hydrogens is 318 g/mol. The summed E-state index contributed by atoms with van der Waals surface area (Å²) >= 11 is 10.4. The molecule has 122 valence electrons. The second kappa shape index (κ2) is 10.1. The van der Waals surface area contributed by atoms with Gasteiger partial charge >= 0.3 is 0 Å². The monoisotopic (exact) mass is 341 g/mol. The zero-order valence-corrected chi connectivity index (χ0v) is 14.7. The van der Waals surface area contributed by atoms with E-state index in [2.05, 4.69) is 26.4 Å². The summed E-state index contributed by atoms with van der Waals surface area (Å²) in [6.07, 6.45) is 1.01. The maximum Gasteiger partial charge on any atom is 0.189 e. The van der Waals surface area contributed by atoms with E-state index in [-0.39, 0.29) is 0 Å². The molecule has 8 heteroatoms.